The standard InChI is InChI=1S/C39H55N3O5/c1-4-6-9-36-28(23-43)19-30(47-36)12-10-26-11-13-35(45)37(17-26)46-24-34(41-5-2)33-20-31-32(22-40-21-25(3)44)39-15-7-8-29(39)18-27(14-16-39)38(31)42-33/h11,13-14,16-17,19-20,25,27,29,32,34,36,40-41,43-45H,4-10,12,15,18,21-24H2,1-3H3/t25-,27-,29+,32-,34-,36?,39+/m0/s1. The number of aromatic hydroxyl groups is 1. The Kier molecular flexibility index (Phi) is 10.9. The van der Waals surface area contributed by atoms with Crippen LogP contribution in [0, 0.1) is 35.1 Å². The maximum absolute atomic E-state index is 10.7. The number of ether oxygens (including phenoxy) is 2. The van der Waals surface area contributed by atoms with E-state index in [4.69, 9.17) is 14.5 Å². The fraction of sp³-hybridized carbons (Fsp3) is 0.615. The van der Waals surface area contributed by atoms with E-state index in [0.717, 1.165) is 74.9 Å². The lowest BCUT2D eigenvalue weighted by Gasteiger charge is -2.39. The predicted octanol–water partition coefficient (Wildman–Crippen LogP) is 5.60. The Morgan fingerprint density at radius 3 is 2.91 bits per heavy atom. The number of rotatable bonds is 17. The highest BCUT2D eigenvalue weighted by Gasteiger charge is 2.59. The number of aliphatic hydroxyl groups is 2. The van der Waals surface area contributed by atoms with E-state index in [1.165, 1.54) is 30.5 Å². The zero-order chi connectivity index (χ0) is 33.0. The Morgan fingerprint density at radius 1 is 1.26 bits per heavy atom. The van der Waals surface area contributed by atoms with Gasteiger partial charge in [-0.2, -0.15) is 12.0 Å². The van der Waals surface area contributed by atoms with Crippen LogP contribution in [0.1, 0.15) is 77.7 Å². The van der Waals surface area contributed by atoms with Gasteiger partial charge in [-0.3, -0.25) is 5.32 Å². The van der Waals surface area contributed by atoms with E-state index in [0.29, 0.717) is 36.7 Å². The number of phenols is 1. The summed E-state index contributed by atoms with van der Waals surface area (Å²) in [6.07, 6.45) is 18.4. The summed E-state index contributed by atoms with van der Waals surface area (Å²) < 4.78 is 12.5. The molecular formula is C39H55N3O5. The van der Waals surface area contributed by atoms with Crippen LogP contribution in [-0.4, -0.2) is 72.1 Å². The van der Waals surface area contributed by atoms with Crippen molar-refractivity contribution in [2.24, 2.45) is 28.2 Å². The minimum atomic E-state index is -0.379. The fourth-order valence-electron chi connectivity index (χ4n) is 8.66. The average molecular weight is 646 g/mol. The summed E-state index contributed by atoms with van der Waals surface area (Å²) in [6, 6.07) is 6.45. The second kappa shape index (κ2) is 15.1. The quantitative estimate of drug-likeness (QED) is 0.111. The minimum absolute atomic E-state index is 0.0160. The Balaban J connectivity index is 1.13. The van der Waals surface area contributed by atoms with Crippen molar-refractivity contribution in [2.75, 3.05) is 32.8 Å². The molecule has 1 aromatic carbocycles. The first-order chi connectivity index (χ1) is 22.8. The van der Waals surface area contributed by atoms with E-state index in [1.807, 2.05) is 25.1 Å². The number of nitrogens with one attached hydrogen (secondary N) is 2. The molecule has 1 aromatic rings. The number of phenolic OH excluding ortho intramolecular Hbond substituents is 1. The van der Waals surface area contributed by atoms with Gasteiger partial charge in [0.05, 0.1) is 24.0 Å². The highest BCUT2D eigenvalue weighted by molar-refractivity contribution is 6.07. The Bertz CT molecular complexity index is 1350. The number of aliphatic hydroxyl groups excluding tert-OH is 2. The molecule has 6 aliphatic rings. The van der Waals surface area contributed by atoms with Gasteiger partial charge in [-0.25, -0.2) is 0 Å². The van der Waals surface area contributed by atoms with E-state index >= 15 is 0 Å². The van der Waals surface area contributed by atoms with Crippen LogP contribution >= 0.6 is 0 Å². The third-order valence-electron chi connectivity index (χ3n) is 11.1. The third kappa shape index (κ3) is 7.26. The number of nitrogens with zero attached hydrogens (tertiary/aromatic N) is 1. The number of hydrogen-bond donors (Lipinski definition) is 5. The number of unbranched alkanes of at least 4 members (excludes halogenated alkanes) is 1. The summed E-state index contributed by atoms with van der Waals surface area (Å²) in [5.74, 6) is 3.82. The van der Waals surface area contributed by atoms with Gasteiger partial charge in [0.2, 0.25) is 0 Å². The van der Waals surface area contributed by atoms with Gasteiger partial charge in [-0.15, -0.1) is 4.99 Å². The molecule has 1 spiro atoms. The van der Waals surface area contributed by atoms with Gasteiger partial charge in [0.25, 0.3) is 0 Å². The summed E-state index contributed by atoms with van der Waals surface area (Å²) in [5.41, 5.74) is 3.78. The zero-order valence-corrected chi connectivity index (χ0v) is 28.5. The Morgan fingerprint density at radius 2 is 2.13 bits per heavy atom. The SMILES string of the molecule is CCCCC1OC(CCc2ccc(O)c(OC[C@H](NCC)[C+]3C=C4C(=N3)[C@H]3C=C[C@@]5(CCC[C@@H]5C3)[C@H]4CNC[C@H](C)O)c2)=C[C-]1CO. The molecule has 2 saturated carbocycles. The van der Waals surface area contributed by atoms with Gasteiger partial charge >= 0.3 is 0 Å². The molecule has 0 aromatic heterocycles. The van der Waals surface area contributed by atoms with Crippen LogP contribution in [0.4, 0.5) is 0 Å². The number of aryl methyl sites for hydroxylation is 1. The largest absolute Gasteiger partial charge is 0.592 e. The molecule has 2 bridgehead atoms. The smallest absolute Gasteiger partial charge is 0.196 e. The lowest BCUT2D eigenvalue weighted by Crippen LogP contribution is -2.41. The number of likely N-dealkylation sites (N-methyl/N-ethyl adjacent to an activating group) is 1. The van der Waals surface area contributed by atoms with Crippen molar-refractivity contribution in [3.05, 3.63) is 71.4 Å². The summed E-state index contributed by atoms with van der Waals surface area (Å²) >= 11 is 0. The van der Waals surface area contributed by atoms with Crippen LogP contribution in [-0.2, 0) is 11.2 Å². The van der Waals surface area contributed by atoms with Crippen molar-refractivity contribution in [1.82, 2.24) is 10.6 Å². The number of allylic oxidation sites excluding steroid dienone is 3. The number of benzene rings is 1. The van der Waals surface area contributed by atoms with Crippen LogP contribution in [0.15, 0.2) is 58.8 Å². The molecule has 0 amide bonds. The van der Waals surface area contributed by atoms with Crippen LogP contribution in [0.5, 0.6) is 11.5 Å². The first-order valence-electron chi connectivity index (χ1n) is 18.1. The van der Waals surface area contributed by atoms with Gasteiger partial charge in [0, 0.05) is 31.2 Å². The van der Waals surface area contributed by atoms with E-state index < -0.39 is 0 Å². The molecule has 8 heteroatoms. The lowest BCUT2D eigenvalue weighted by atomic mass is 9.64. The summed E-state index contributed by atoms with van der Waals surface area (Å²) in [7, 11) is 0. The number of hydrogen-bond acceptors (Lipinski definition) is 8. The van der Waals surface area contributed by atoms with Crippen molar-refractivity contribution in [2.45, 2.75) is 96.8 Å². The Labute approximate surface area is 281 Å². The molecule has 2 fully saturated rings. The van der Waals surface area contributed by atoms with Crippen molar-refractivity contribution in [1.29, 1.82) is 0 Å². The molecular weight excluding hydrogens is 590 g/mol. The van der Waals surface area contributed by atoms with Crippen LogP contribution in [0.3, 0.4) is 0 Å². The number of aliphatic imine (C=N–C) groups is 1. The van der Waals surface area contributed by atoms with E-state index in [2.05, 4.69) is 42.7 Å². The topological polar surface area (TPSA) is 116 Å². The molecule has 7 atom stereocenters. The molecule has 0 saturated heterocycles. The van der Waals surface area contributed by atoms with E-state index in [9.17, 15) is 15.3 Å². The molecule has 2 heterocycles. The molecule has 47 heavy (non-hydrogen) atoms. The first kappa shape index (κ1) is 34.0. The monoisotopic (exact) mass is 645 g/mol. The molecule has 1 unspecified atom stereocenters. The molecule has 5 N–H and O–H groups in total. The van der Waals surface area contributed by atoms with Gasteiger partial charge in [-0.05, 0) is 69.2 Å². The summed E-state index contributed by atoms with van der Waals surface area (Å²) in [6.45, 7) is 8.67. The van der Waals surface area contributed by atoms with Gasteiger partial charge in [-0.1, -0.05) is 63.5 Å². The van der Waals surface area contributed by atoms with Crippen molar-refractivity contribution < 1.29 is 24.8 Å². The minimum Gasteiger partial charge on any atom is -0.592 e. The molecule has 0 radical (unpaired) electrons. The lowest BCUT2D eigenvalue weighted by molar-refractivity contribution is 0.123. The van der Waals surface area contributed by atoms with Crippen molar-refractivity contribution in [3.63, 3.8) is 0 Å². The van der Waals surface area contributed by atoms with E-state index in [1.54, 1.807) is 6.07 Å². The van der Waals surface area contributed by atoms with E-state index in [-0.39, 0.29) is 36.0 Å². The van der Waals surface area contributed by atoms with Crippen LogP contribution in [0.2, 0.25) is 0 Å². The van der Waals surface area contributed by atoms with Gasteiger partial charge in [0.15, 0.2) is 23.3 Å². The predicted molar refractivity (Wildman–Crippen MR) is 186 cm³/mol. The fourth-order valence-corrected chi connectivity index (χ4v) is 8.66. The summed E-state index contributed by atoms with van der Waals surface area (Å²) in [4.78, 5) is 5.32. The third-order valence-corrected chi connectivity index (χ3v) is 11.1. The Hall–Kier alpha value is -2.91. The van der Waals surface area contributed by atoms with Gasteiger partial charge in [0.1, 0.15) is 18.2 Å². The molecule has 2 aliphatic heterocycles. The normalized spacial score (nSPS) is 28.7. The first-order valence-corrected chi connectivity index (χ1v) is 18.1. The zero-order valence-electron chi connectivity index (χ0n) is 28.5. The second-order valence-corrected chi connectivity index (χ2v) is 14.3. The molecule has 8 nitrogen and oxygen atoms in total. The molecule has 4 aliphatic carbocycles. The highest BCUT2D eigenvalue weighted by atomic mass is 16.5. The second-order valence-electron chi connectivity index (χ2n) is 14.3. The highest BCUT2D eigenvalue weighted by Crippen LogP contribution is 2.60. The summed E-state index contributed by atoms with van der Waals surface area (Å²) in [5, 5.41) is 37.7. The van der Waals surface area contributed by atoms with Crippen molar-refractivity contribution >= 4 is 5.71 Å². The maximum Gasteiger partial charge on any atom is 0.196 e. The molecule has 256 valence electrons. The average Bonchev–Trinajstić information content (AvgIpc) is 3.78. The van der Waals surface area contributed by atoms with Crippen LogP contribution < -0.4 is 15.4 Å². The maximum atomic E-state index is 10.7. The molecule has 7 rings (SSSR count). The van der Waals surface area contributed by atoms with Crippen molar-refractivity contribution in [3.8, 4) is 11.5 Å². The van der Waals surface area contributed by atoms with Gasteiger partial charge < -0.3 is 30.1 Å². The van der Waals surface area contributed by atoms with Crippen LogP contribution in [0.25, 0.3) is 0 Å².